The molecular formula is C21H26N2O4. The fraction of sp³-hybridized carbons (Fsp3) is 0.381. The summed E-state index contributed by atoms with van der Waals surface area (Å²) < 4.78 is 5.63. The van der Waals surface area contributed by atoms with E-state index < -0.39 is 4.92 Å². The van der Waals surface area contributed by atoms with E-state index in [-0.39, 0.29) is 30.4 Å². The van der Waals surface area contributed by atoms with Crippen LogP contribution in [0.2, 0.25) is 0 Å². The van der Waals surface area contributed by atoms with E-state index in [2.05, 4.69) is 0 Å². The van der Waals surface area contributed by atoms with Gasteiger partial charge in [-0.05, 0) is 30.0 Å². The highest BCUT2D eigenvalue weighted by Crippen LogP contribution is 2.29. The molecule has 0 unspecified atom stereocenters. The third-order valence-corrected chi connectivity index (χ3v) is 4.15. The van der Waals surface area contributed by atoms with E-state index in [1.807, 2.05) is 49.1 Å². The van der Waals surface area contributed by atoms with Gasteiger partial charge in [0.2, 0.25) is 5.91 Å². The van der Waals surface area contributed by atoms with Gasteiger partial charge in [-0.3, -0.25) is 14.9 Å². The van der Waals surface area contributed by atoms with E-state index in [0.717, 1.165) is 18.4 Å². The zero-order chi connectivity index (χ0) is 19.6. The second kappa shape index (κ2) is 10.3. The van der Waals surface area contributed by atoms with Crippen LogP contribution in [0, 0.1) is 10.1 Å². The Morgan fingerprint density at radius 3 is 2.30 bits per heavy atom. The van der Waals surface area contributed by atoms with E-state index in [1.54, 1.807) is 12.1 Å². The van der Waals surface area contributed by atoms with E-state index in [9.17, 15) is 14.9 Å². The molecule has 0 aliphatic rings. The molecule has 2 aromatic carbocycles. The minimum atomic E-state index is -0.468. The second-order valence-electron chi connectivity index (χ2n) is 6.39. The van der Waals surface area contributed by atoms with Gasteiger partial charge in [0, 0.05) is 19.2 Å². The number of ether oxygens (including phenoxy) is 1. The molecule has 2 aromatic rings. The van der Waals surface area contributed by atoms with Crippen molar-refractivity contribution in [3.8, 4) is 5.75 Å². The first-order valence-electron chi connectivity index (χ1n) is 9.27. The van der Waals surface area contributed by atoms with Gasteiger partial charge in [0.05, 0.1) is 11.3 Å². The first kappa shape index (κ1) is 20.4. The Kier molecular flexibility index (Phi) is 7.79. The van der Waals surface area contributed by atoms with Crippen molar-refractivity contribution in [2.45, 2.75) is 39.7 Å². The first-order valence-corrected chi connectivity index (χ1v) is 9.27. The van der Waals surface area contributed by atoms with Crippen molar-refractivity contribution in [2.75, 3.05) is 13.1 Å². The summed E-state index contributed by atoms with van der Waals surface area (Å²) in [6, 6.07) is 14.2. The number of amides is 1. The predicted octanol–water partition coefficient (Wildman–Crippen LogP) is 4.36. The molecule has 0 saturated carbocycles. The molecule has 6 heteroatoms. The van der Waals surface area contributed by atoms with Gasteiger partial charge >= 0.3 is 5.69 Å². The number of carbonyl (C=O) groups excluding carboxylic acids is 1. The van der Waals surface area contributed by atoms with Gasteiger partial charge in [-0.2, -0.15) is 0 Å². The summed E-state index contributed by atoms with van der Waals surface area (Å²) in [7, 11) is 0. The molecule has 0 aliphatic heterocycles. The van der Waals surface area contributed by atoms with Crippen molar-refractivity contribution >= 4 is 11.6 Å². The minimum absolute atomic E-state index is 0.00838. The average Bonchev–Trinajstić information content (AvgIpc) is 2.67. The second-order valence-corrected chi connectivity index (χ2v) is 6.39. The molecule has 144 valence electrons. The van der Waals surface area contributed by atoms with E-state index >= 15 is 0 Å². The number of nitrogens with zero attached hydrogens (tertiary/aromatic N) is 2. The Bertz CT molecular complexity index is 756. The Hall–Kier alpha value is -2.89. The molecule has 0 saturated heterocycles. The van der Waals surface area contributed by atoms with Crippen LogP contribution in [0.15, 0.2) is 48.5 Å². The molecule has 6 nitrogen and oxygen atoms in total. The van der Waals surface area contributed by atoms with Crippen LogP contribution in [-0.2, 0) is 17.8 Å². The maximum atomic E-state index is 12.5. The molecule has 0 heterocycles. The molecule has 0 bridgehead atoms. The fourth-order valence-corrected chi connectivity index (χ4v) is 2.86. The van der Waals surface area contributed by atoms with Crippen molar-refractivity contribution in [3.63, 3.8) is 0 Å². The summed E-state index contributed by atoms with van der Waals surface area (Å²) in [5.74, 6) is 0.199. The molecule has 0 N–H and O–H groups in total. The smallest absolute Gasteiger partial charge is 0.311 e. The summed E-state index contributed by atoms with van der Waals surface area (Å²) in [6.07, 6.45) is 1.93. The average molecular weight is 370 g/mol. The third kappa shape index (κ3) is 6.09. The molecule has 0 atom stereocenters. The van der Waals surface area contributed by atoms with Crippen LogP contribution in [0.5, 0.6) is 5.75 Å². The zero-order valence-corrected chi connectivity index (χ0v) is 15.9. The lowest BCUT2D eigenvalue weighted by Crippen LogP contribution is -2.33. The van der Waals surface area contributed by atoms with Crippen LogP contribution in [0.4, 0.5) is 5.69 Å². The lowest BCUT2D eigenvalue weighted by molar-refractivity contribution is -0.386. The largest absolute Gasteiger partial charge is 0.482 e. The first-order chi connectivity index (χ1) is 13.0. The standard InChI is InChI=1S/C21H26N2O4/c1-3-12-22(13-4-2)21(24)15-18-10-11-20(19(14-18)23(25)26)27-16-17-8-6-5-7-9-17/h5-11,14H,3-4,12-13,15-16H2,1-2H3. The van der Waals surface area contributed by atoms with Crippen LogP contribution in [0.3, 0.4) is 0 Å². The molecule has 0 radical (unpaired) electrons. The topological polar surface area (TPSA) is 72.7 Å². The van der Waals surface area contributed by atoms with Crippen LogP contribution >= 0.6 is 0 Å². The molecule has 2 rings (SSSR count). The lowest BCUT2D eigenvalue weighted by Gasteiger charge is -2.21. The van der Waals surface area contributed by atoms with Crippen molar-refractivity contribution in [1.82, 2.24) is 4.90 Å². The molecule has 0 fully saturated rings. The summed E-state index contributed by atoms with van der Waals surface area (Å²) in [5, 5.41) is 11.4. The predicted molar refractivity (Wildman–Crippen MR) is 105 cm³/mol. The number of carbonyl (C=O) groups is 1. The highest BCUT2D eigenvalue weighted by molar-refractivity contribution is 5.79. The quantitative estimate of drug-likeness (QED) is 0.460. The van der Waals surface area contributed by atoms with Crippen LogP contribution in [0.1, 0.15) is 37.8 Å². The van der Waals surface area contributed by atoms with Crippen LogP contribution in [0.25, 0.3) is 0 Å². The van der Waals surface area contributed by atoms with Crippen molar-refractivity contribution in [1.29, 1.82) is 0 Å². The van der Waals surface area contributed by atoms with Gasteiger partial charge in [0.25, 0.3) is 0 Å². The van der Waals surface area contributed by atoms with Gasteiger partial charge in [-0.15, -0.1) is 0 Å². The van der Waals surface area contributed by atoms with E-state index in [1.165, 1.54) is 6.07 Å². The maximum Gasteiger partial charge on any atom is 0.311 e. The zero-order valence-electron chi connectivity index (χ0n) is 15.9. The normalized spacial score (nSPS) is 10.4. The fourth-order valence-electron chi connectivity index (χ4n) is 2.86. The highest BCUT2D eigenvalue weighted by atomic mass is 16.6. The Morgan fingerprint density at radius 1 is 1.04 bits per heavy atom. The third-order valence-electron chi connectivity index (χ3n) is 4.15. The van der Waals surface area contributed by atoms with Gasteiger partial charge in [-0.1, -0.05) is 50.2 Å². The molecule has 27 heavy (non-hydrogen) atoms. The van der Waals surface area contributed by atoms with E-state index in [4.69, 9.17) is 4.74 Å². The molecule has 0 spiro atoms. The SMILES string of the molecule is CCCN(CCC)C(=O)Cc1ccc(OCc2ccccc2)c([N+](=O)[O-])c1. The van der Waals surface area contributed by atoms with Crippen LogP contribution < -0.4 is 4.74 Å². The lowest BCUT2D eigenvalue weighted by atomic mass is 10.1. The number of nitro benzene ring substituents is 1. The molecule has 0 aliphatic carbocycles. The summed E-state index contributed by atoms with van der Waals surface area (Å²) in [4.78, 5) is 25.3. The Labute approximate surface area is 159 Å². The number of hydrogen-bond acceptors (Lipinski definition) is 4. The van der Waals surface area contributed by atoms with Crippen molar-refractivity contribution in [3.05, 3.63) is 69.8 Å². The van der Waals surface area contributed by atoms with Crippen LogP contribution in [-0.4, -0.2) is 28.8 Å². The number of rotatable bonds is 10. The number of nitro groups is 1. The van der Waals surface area contributed by atoms with Gasteiger partial charge in [0.15, 0.2) is 5.75 Å². The molecule has 0 aromatic heterocycles. The number of hydrogen-bond donors (Lipinski definition) is 0. The molecular weight excluding hydrogens is 344 g/mol. The minimum Gasteiger partial charge on any atom is -0.482 e. The summed E-state index contributed by atoms with van der Waals surface area (Å²) >= 11 is 0. The Morgan fingerprint density at radius 2 is 1.70 bits per heavy atom. The van der Waals surface area contributed by atoms with Gasteiger partial charge < -0.3 is 9.64 Å². The van der Waals surface area contributed by atoms with Crippen molar-refractivity contribution < 1.29 is 14.5 Å². The maximum absolute atomic E-state index is 12.5. The summed E-state index contributed by atoms with van der Waals surface area (Å²) in [5.41, 5.74) is 1.44. The monoisotopic (exact) mass is 370 g/mol. The van der Waals surface area contributed by atoms with Crippen molar-refractivity contribution in [2.24, 2.45) is 0 Å². The molecule has 1 amide bonds. The van der Waals surface area contributed by atoms with E-state index in [0.29, 0.717) is 18.7 Å². The summed E-state index contributed by atoms with van der Waals surface area (Å²) in [6.45, 7) is 5.71. The number of benzene rings is 2. The van der Waals surface area contributed by atoms with Gasteiger partial charge in [-0.25, -0.2) is 0 Å². The highest BCUT2D eigenvalue weighted by Gasteiger charge is 2.19. The van der Waals surface area contributed by atoms with Gasteiger partial charge in [0.1, 0.15) is 6.61 Å². The Balaban J connectivity index is 2.12.